The number of rotatable bonds is 6. The van der Waals surface area contributed by atoms with E-state index in [2.05, 4.69) is 5.32 Å². The molecule has 0 saturated carbocycles. The number of carbonyl (C=O) groups excluding carboxylic acids is 1. The van der Waals surface area contributed by atoms with E-state index in [0.29, 0.717) is 22.1 Å². The van der Waals surface area contributed by atoms with Gasteiger partial charge in [0.15, 0.2) is 15.6 Å². The lowest BCUT2D eigenvalue weighted by Crippen LogP contribution is -2.27. The Labute approximate surface area is 161 Å². The van der Waals surface area contributed by atoms with Crippen LogP contribution in [0.1, 0.15) is 34.6 Å². The minimum Gasteiger partial charge on any atom is -0.451 e. The molecule has 0 aliphatic heterocycles. The van der Waals surface area contributed by atoms with Gasteiger partial charge >= 0.3 is 0 Å². The first-order valence-electron chi connectivity index (χ1n) is 8.39. The van der Waals surface area contributed by atoms with Crippen LogP contribution in [0, 0.1) is 10.1 Å². The Morgan fingerprint density at radius 1 is 1.21 bits per heavy atom. The molecule has 8 nitrogen and oxygen atoms in total. The lowest BCUT2D eigenvalue weighted by molar-refractivity contribution is -0.384. The Balaban J connectivity index is 1.94. The smallest absolute Gasteiger partial charge is 0.287 e. The fraction of sp³-hybridized carbons (Fsp3) is 0.211. The van der Waals surface area contributed by atoms with Gasteiger partial charge in [0.2, 0.25) is 0 Å². The molecule has 0 aliphatic carbocycles. The summed E-state index contributed by atoms with van der Waals surface area (Å²) in [7, 11) is -3.41. The average molecular weight is 402 g/mol. The molecule has 1 aromatic heterocycles. The molecule has 0 spiro atoms. The first kappa shape index (κ1) is 19.6. The minimum atomic E-state index is -3.41. The molecule has 9 heteroatoms. The highest BCUT2D eigenvalue weighted by molar-refractivity contribution is 7.89. The van der Waals surface area contributed by atoms with E-state index in [-0.39, 0.29) is 17.2 Å². The zero-order valence-corrected chi connectivity index (χ0v) is 16.0. The molecule has 2 aromatic carbocycles. The fourth-order valence-electron chi connectivity index (χ4n) is 2.94. The summed E-state index contributed by atoms with van der Waals surface area (Å²) in [4.78, 5) is 23.2. The largest absolute Gasteiger partial charge is 0.451 e. The number of sulfone groups is 1. The summed E-state index contributed by atoms with van der Waals surface area (Å²) in [5.41, 5.74) is 1.17. The van der Waals surface area contributed by atoms with E-state index in [1.165, 1.54) is 18.2 Å². The maximum atomic E-state index is 12.8. The second kappa shape index (κ2) is 7.43. The molecule has 1 heterocycles. The van der Waals surface area contributed by atoms with Crippen LogP contribution in [0.15, 0.2) is 52.9 Å². The number of nitro benzene ring substituents is 1. The van der Waals surface area contributed by atoms with Crippen LogP contribution in [0.25, 0.3) is 11.0 Å². The molecular formula is C19H18N2O6S. The summed E-state index contributed by atoms with van der Waals surface area (Å²) in [5, 5.41) is 14.2. The third-order valence-electron chi connectivity index (χ3n) is 4.24. The van der Waals surface area contributed by atoms with E-state index in [4.69, 9.17) is 4.42 Å². The summed E-state index contributed by atoms with van der Waals surface area (Å²) in [6.07, 6.45) is 1.09. The third kappa shape index (κ3) is 4.20. The number of para-hydroxylation sites is 1. The van der Waals surface area contributed by atoms with Gasteiger partial charge in [-0.2, -0.15) is 0 Å². The Morgan fingerprint density at radius 2 is 1.93 bits per heavy atom. The number of hydrogen-bond donors (Lipinski definition) is 1. The standard InChI is InChI=1S/C19H18N2O6S/c1-12(13-6-5-7-14(10-13)21(23)24)20-19(22)18-16(11-28(2,25)26)15-8-3-4-9-17(15)27-18/h3-10,12H,11H2,1-2H3,(H,20,22). The predicted molar refractivity (Wildman–Crippen MR) is 104 cm³/mol. The van der Waals surface area contributed by atoms with Crippen molar-refractivity contribution in [1.29, 1.82) is 0 Å². The Hall–Kier alpha value is -3.20. The van der Waals surface area contributed by atoms with E-state index in [0.717, 1.165) is 6.26 Å². The monoisotopic (exact) mass is 402 g/mol. The molecule has 0 radical (unpaired) electrons. The number of nitrogens with zero attached hydrogens (tertiary/aromatic N) is 1. The van der Waals surface area contributed by atoms with Crippen molar-refractivity contribution in [3.05, 3.63) is 75.5 Å². The van der Waals surface area contributed by atoms with Gasteiger partial charge in [0, 0.05) is 29.3 Å². The normalized spacial score (nSPS) is 12.6. The zero-order chi connectivity index (χ0) is 20.5. The van der Waals surface area contributed by atoms with Crippen molar-refractivity contribution < 1.29 is 22.6 Å². The quantitative estimate of drug-likeness (QED) is 0.499. The second-order valence-corrected chi connectivity index (χ2v) is 8.66. The highest BCUT2D eigenvalue weighted by atomic mass is 32.2. The highest BCUT2D eigenvalue weighted by Gasteiger charge is 2.24. The summed E-state index contributed by atoms with van der Waals surface area (Å²) in [6.45, 7) is 1.68. The average Bonchev–Trinajstić information content (AvgIpc) is 2.99. The number of fused-ring (bicyclic) bond motifs is 1. The minimum absolute atomic E-state index is 0.0797. The van der Waals surface area contributed by atoms with Crippen molar-refractivity contribution in [2.24, 2.45) is 0 Å². The number of hydrogen-bond acceptors (Lipinski definition) is 6. The molecule has 3 aromatic rings. The molecule has 0 aliphatic rings. The van der Waals surface area contributed by atoms with Crippen LogP contribution in [0.3, 0.4) is 0 Å². The first-order chi connectivity index (χ1) is 13.2. The van der Waals surface area contributed by atoms with Crippen molar-refractivity contribution in [1.82, 2.24) is 5.32 Å². The lowest BCUT2D eigenvalue weighted by Gasteiger charge is -2.14. The van der Waals surface area contributed by atoms with Gasteiger partial charge in [-0.1, -0.05) is 30.3 Å². The predicted octanol–water partition coefficient (Wildman–Crippen LogP) is 3.38. The van der Waals surface area contributed by atoms with Crippen molar-refractivity contribution >= 4 is 32.4 Å². The summed E-state index contributed by atoms with van der Waals surface area (Å²) < 4.78 is 29.3. The maximum absolute atomic E-state index is 12.8. The van der Waals surface area contributed by atoms with Crippen LogP contribution in [0.2, 0.25) is 0 Å². The number of amides is 1. The SMILES string of the molecule is CC(NC(=O)c1oc2ccccc2c1CS(C)(=O)=O)c1cccc([N+](=O)[O-])c1. The van der Waals surface area contributed by atoms with Gasteiger partial charge in [0.1, 0.15) is 5.58 Å². The third-order valence-corrected chi connectivity index (χ3v) is 5.05. The molecule has 1 atom stereocenters. The van der Waals surface area contributed by atoms with Gasteiger partial charge in [0.25, 0.3) is 11.6 Å². The lowest BCUT2D eigenvalue weighted by atomic mass is 10.1. The molecule has 28 heavy (non-hydrogen) atoms. The van der Waals surface area contributed by atoms with Crippen LogP contribution < -0.4 is 5.32 Å². The molecule has 1 unspecified atom stereocenters. The highest BCUT2D eigenvalue weighted by Crippen LogP contribution is 2.28. The van der Waals surface area contributed by atoms with Crippen molar-refractivity contribution in [2.75, 3.05) is 6.26 Å². The van der Waals surface area contributed by atoms with Crippen molar-refractivity contribution in [2.45, 2.75) is 18.7 Å². The van der Waals surface area contributed by atoms with E-state index in [1.54, 1.807) is 37.3 Å². The molecule has 0 fully saturated rings. The van der Waals surface area contributed by atoms with Gasteiger partial charge in [-0.25, -0.2) is 8.42 Å². The number of non-ortho nitro benzene ring substituents is 1. The van der Waals surface area contributed by atoms with E-state index < -0.39 is 26.7 Å². The summed E-state index contributed by atoms with van der Waals surface area (Å²) in [6, 6.07) is 12.2. The molecule has 146 valence electrons. The Kier molecular flexibility index (Phi) is 5.19. The second-order valence-electron chi connectivity index (χ2n) is 6.52. The topological polar surface area (TPSA) is 120 Å². The van der Waals surface area contributed by atoms with Crippen molar-refractivity contribution in [3.63, 3.8) is 0 Å². The van der Waals surface area contributed by atoms with Gasteiger partial charge in [0.05, 0.1) is 16.7 Å². The molecule has 1 N–H and O–H groups in total. The van der Waals surface area contributed by atoms with Gasteiger partial charge < -0.3 is 9.73 Å². The Morgan fingerprint density at radius 3 is 2.61 bits per heavy atom. The Bertz CT molecular complexity index is 1170. The van der Waals surface area contributed by atoms with E-state index in [1.807, 2.05) is 0 Å². The molecule has 0 saturated heterocycles. The van der Waals surface area contributed by atoms with Crippen LogP contribution >= 0.6 is 0 Å². The van der Waals surface area contributed by atoms with Gasteiger partial charge in [-0.05, 0) is 18.6 Å². The molecule has 0 bridgehead atoms. The number of nitrogens with one attached hydrogen (secondary N) is 1. The first-order valence-corrected chi connectivity index (χ1v) is 10.4. The van der Waals surface area contributed by atoms with Gasteiger partial charge in [-0.3, -0.25) is 14.9 Å². The van der Waals surface area contributed by atoms with E-state index in [9.17, 15) is 23.3 Å². The van der Waals surface area contributed by atoms with Crippen molar-refractivity contribution in [3.8, 4) is 0 Å². The maximum Gasteiger partial charge on any atom is 0.287 e. The molecular weight excluding hydrogens is 384 g/mol. The number of nitro groups is 1. The van der Waals surface area contributed by atoms with Crippen LogP contribution in [-0.2, 0) is 15.6 Å². The van der Waals surface area contributed by atoms with Crippen LogP contribution in [0.5, 0.6) is 0 Å². The fourth-order valence-corrected chi connectivity index (χ4v) is 3.75. The van der Waals surface area contributed by atoms with Crippen LogP contribution in [0.4, 0.5) is 5.69 Å². The number of benzene rings is 2. The zero-order valence-electron chi connectivity index (χ0n) is 15.2. The van der Waals surface area contributed by atoms with Crippen LogP contribution in [-0.4, -0.2) is 25.5 Å². The summed E-state index contributed by atoms with van der Waals surface area (Å²) in [5.74, 6) is -1.00. The molecule has 1 amide bonds. The molecule has 3 rings (SSSR count). The van der Waals surface area contributed by atoms with E-state index >= 15 is 0 Å². The van der Waals surface area contributed by atoms with Gasteiger partial charge in [-0.15, -0.1) is 0 Å². The summed E-state index contributed by atoms with van der Waals surface area (Å²) >= 11 is 0. The number of carbonyl (C=O) groups is 1. The number of furan rings is 1.